The van der Waals surface area contributed by atoms with Gasteiger partial charge >= 0.3 is 0 Å². The van der Waals surface area contributed by atoms with E-state index in [4.69, 9.17) is 16.3 Å². The summed E-state index contributed by atoms with van der Waals surface area (Å²) in [5.74, 6) is 0.126. The molecule has 0 fully saturated rings. The van der Waals surface area contributed by atoms with Gasteiger partial charge in [0.2, 0.25) is 0 Å². The van der Waals surface area contributed by atoms with Crippen molar-refractivity contribution < 1.29 is 13.9 Å². The van der Waals surface area contributed by atoms with Crippen LogP contribution in [0.2, 0.25) is 5.15 Å². The third-order valence-electron chi connectivity index (χ3n) is 4.57. The second-order valence-corrected chi connectivity index (χ2v) is 6.70. The first-order chi connectivity index (χ1) is 13.0. The molecule has 0 unspecified atom stereocenters. The molecule has 0 aliphatic carbocycles. The standard InChI is InChI=1S/C20H17ClFN3O2/c1-12-18(19(21)25(24-12)14-8-6-13(22)7-9-14)20(26)23-16-10-11-27-17-5-3-2-4-15(16)17/h2-9,16H,10-11H2,1H3,(H,23,26)/t16-/m1/s1. The number of amides is 1. The van der Waals surface area contributed by atoms with Crippen molar-refractivity contribution in [1.82, 2.24) is 15.1 Å². The molecule has 2 heterocycles. The molecule has 5 nitrogen and oxygen atoms in total. The Bertz CT molecular complexity index is 1000. The number of rotatable bonds is 3. The monoisotopic (exact) mass is 385 g/mol. The van der Waals surface area contributed by atoms with Crippen LogP contribution >= 0.6 is 11.6 Å². The van der Waals surface area contributed by atoms with Gasteiger partial charge in [0.15, 0.2) is 0 Å². The summed E-state index contributed by atoms with van der Waals surface area (Å²) < 4.78 is 20.2. The Hall–Kier alpha value is -2.86. The second-order valence-electron chi connectivity index (χ2n) is 6.34. The molecule has 1 atom stereocenters. The number of aromatic nitrogens is 2. The minimum absolute atomic E-state index is 0.160. The van der Waals surface area contributed by atoms with Gasteiger partial charge in [-0.3, -0.25) is 4.79 Å². The quantitative estimate of drug-likeness (QED) is 0.734. The van der Waals surface area contributed by atoms with Crippen molar-refractivity contribution in [3.05, 3.63) is 76.3 Å². The van der Waals surface area contributed by atoms with Crippen LogP contribution in [-0.2, 0) is 0 Å². The van der Waals surface area contributed by atoms with Crippen molar-refractivity contribution in [2.75, 3.05) is 6.61 Å². The zero-order valence-corrected chi connectivity index (χ0v) is 15.3. The summed E-state index contributed by atoms with van der Waals surface area (Å²) in [5.41, 5.74) is 2.34. The van der Waals surface area contributed by atoms with E-state index in [9.17, 15) is 9.18 Å². The van der Waals surface area contributed by atoms with Crippen molar-refractivity contribution in [1.29, 1.82) is 0 Å². The van der Waals surface area contributed by atoms with Gasteiger partial charge in [-0.1, -0.05) is 29.8 Å². The molecule has 0 saturated heterocycles. The lowest BCUT2D eigenvalue weighted by molar-refractivity contribution is 0.0924. The summed E-state index contributed by atoms with van der Waals surface area (Å²) in [6, 6.07) is 13.2. The lowest BCUT2D eigenvalue weighted by Crippen LogP contribution is -2.32. The van der Waals surface area contributed by atoms with Crippen LogP contribution in [0.1, 0.15) is 34.1 Å². The Kier molecular flexibility index (Phi) is 4.58. The Morgan fingerprint density at radius 3 is 2.78 bits per heavy atom. The number of benzene rings is 2. The van der Waals surface area contributed by atoms with Gasteiger partial charge in [0, 0.05) is 12.0 Å². The van der Waals surface area contributed by atoms with Crippen LogP contribution in [0.25, 0.3) is 5.69 Å². The number of ether oxygens (including phenoxy) is 1. The lowest BCUT2D eigenvalue weighted by atomic mass is 10.0. The maximum atomic E-state index is 13.2. The van der Waals surface area contributed by atoms with Crippen molar-refractivity contribution in [3.8, 4) is 11.4 Å². The van der Waals surface area contributed by atoms with Gasteiger partial charge in [-0.15, -0.1) is 0 Å². The molecule has 0 saturated carbocycles. The highest BCUT2D eigenvalue weighted by molar-refractivity contribution is 6.33. The predicted molar refractivity (Wildman–Crippen MR) is 100 cm³/mol. The average molecular weight is 386 g/mol. The van der Waals surface area contributed by atoms with Crippen molar-refractivity contribution in [2.24, 2.45) is 0 Å². The van der Waals surface area contributed by atoms with E-state index in [1.165, 1.54) is 16.8 Å². The molecular weight excluding hydrogens is 369 g/mol. The van der Waals surface area contributed by atoms with E-state index in [1.807, 2.05) is 24.3 Å². The van der Waals surface area contributed by atoms with Gasteiger partial charge < -0.3 is 10.1 Å². The molecule has 3 aromatic rings. The minimum atomic E-state index is -0.352. The highest BCUT2D eigenvalue weighted by Gasteiger charge is 2.27. The van der Waals surface area contributed by atoms with Gasteiger partial charge in [-0.05, 0) is 37.3 Å². The van der Waals surface area contributed by atoms with E-state index in [-0.39, 0.29) is 22.9 Å². The highest BCUT2D eigenvalue weighted by Crippen LogP contribution is 2.32. The number of hydrogen-bond acceptors (Lipinski definition) is 3. The molecule has 1 N–H and O–H groups in total. The number of carbonyl (C=O) groups is 1. The fraction of sp³-hybridized carbons (Fsp3) is 0.200. The van der Waals surface area contributed by atoms with E-state index in [0.717, 1.165) is 11.3 Å². The van der Waals surface area contributed by atoms with Crippen LogP contribution in [0.3, 0.4) is 0 Å². The molecule has 1 aromatic heterocycles. The molecule has 27 heavy (non-hydrogen) atoms. The Morgan fingerprint density at radius 2 is 2.00 bits per heavy atom. The number of nitrogens with zero attached hydrogens (tertiary/aromatic N) is 2. The van der Waals surface area contributed by atoms with E-state index in [2.05, 4.69) is 10.4 Å². The van der Waals surface area contributed by atoms with Crippen LogP contribution in [0.15, 0.2) is 48.5 Å². The molecule has 4 rings (SSSR count). The first-order valence-corrected chi connectivity index (χ1v) is 8.96. The highest BCUT2D eigenvalue weighted by atomic mass is 35.5. The summed E-state index contributed by atoms with van der Waals surface area (Å²) >= 11 is 6.44. The molecule has 0 radical (unpaired) electrons. The maximum Gasteiger partial charge on any atom is 0.256 e. The van der Waals surface area contributed by atoms with E-state index < -0.39 is 0 Å². The number of carbonyl (C=O) groups excluding carboxylic acids is 1. The van der Waals surface area contributed by atoms with Crippen LogP contribution in [0, 0.1) is 12.7 Å². The average Bonchev–Trinajstić information content (AvgIpc) is 2.97. The molecule has 7 heteroatoms. The van der Waals surface area contributed by atoms with E-state index in [0.29, 0.717) is 30.0 Å². The van der Waals surface area contributed by atoms with E-state index in [1.54, 1.807) is 19.1 Å². The van der Waals surface area contributed by atoms with Gasteiger partial charge in [0.1, 0.15) is 16.7 Å². The SMILES string of the molecule is Cc1nn(-c2ccc(F)cc2)c(Cl)c1C(=O)N[C@@H]1CCOc2ccccc21. The molecule has 1 aliphatic heterocycles. The van der Waals surface area contributed by atoms with E-state index >= 15 is 0 Å². The number of halogens is 2. The normalized spacial score (nSPS) is 15.7. The van der Waals surface area contributed by atoms with Crippen LogP contribution in [0.5, 0.6) is 5.75 Å². The summed E-state index contributed by atoms with van der Waals surface area (Å²) in [5, 5.41) is 7.57. The fourth-order valence-corrected chi connectivity index (χ4v) is 3.59. The summed E-state index contributed by atoms with van der Waals surface area (Å²) in [7, 11) is 0. The zero-order valence-electron chi connectivity index (χ0n) is 14.6. The maximum absolute atomic E-state index is 13.2. The predicted octanol–water partition coefficient (Wildman–Crippen LogP) is 4.23. The van der Waals surface area contributed by atoms with Crippen molar-refractivity contribution in [3.63, 3.8) is 0 Å². The molecule has 138 valence electrons. The third kappa shape index (κ3) is 3.28. The van der Waals surface area contributed by atoms with Gasteiger partial charge in [0.05, 0.1) is 29.6 Å². The van der Waals surface area contributed by atoms with Crippen LogP contribution in [0.4, 0.5) is 4.39 Å². The number of hydrogen-bond donors (Lipinski definition) is 1. The Labute approximate surface area is 160 Å². The van der Waals surface area contributed by atoms with Gasteiger partial charge in [0.25, 0.3) is 5.91 Å². The fourth-order valence-electron chi connectivity index (χ4n) is 3.23. The lowest BCUT2D eigenvalue weighted by Gasteiger charge is -2.26. The number of nitrogens with one attached hydrogen (secondary N) is 1. The summed E-state index contributed by atoms with van der Waals surface area (Å²) in [4.78, 5) is 12.9. The van der Waals surface area contributed by atoms with Crippen molar-refractivity contribution in [2.45, 2.75) is 19.4 Å². The largest absolute Gasteiger partial charge is 0.493 e. The summed E-state index contributed by atoms with van der Waals surface area (Å²) in [6.45, 7) is 2.25. The summed E-state index contributed by atoms with van der Waals surface area (Å²) in [6.07, 6.45) is 0.672. The van der Waals surface area contributed by atoms with Crippen LogP contribution < -0.4 is 10.1 Å². The second kappa shape index (κ2) is 7.04. The molecule has 0 bridgehead atoms. The molecule has 0 spiro atoms. The number of aryl methyl sites for hydroxylation is 1. The smallest absolute Gasteiger partial charge is 0.256 e. The molecule has 1 aliphatic rings. The number of fused-ring (bicyclic) bond motifs is 1. The Morgan fingerprint density at radius 1 is 1.26 bits per heavy atom. The molecular formula is C20H17ClFN3O2. The van der Waals surface area contributed by atoms with Gasteiger partial charge in [-0.25, -0.2) is 9.07 Å². The van der Waals surface area contributed by atoms with Crippen LogP contribution in [-0.4, -0.2) is 22.3 Å². The Balaban J connectivity index is 1.63. The van der Waals surface area contributed by atoms with Crippen molar-refractivity contribution >= 4 is 17.5 Å². The number of para-hydroxylation sites is 1. The first kappa shape index (κ1) is 17.5. The zero-order chi connectivity index (χ0) is 19.0. The molecule has 2 aromatic carbocycles. The topological polar surface area (TPSA) is 56.2 Å². The third-order valence-corrected chi connectivity index (χ3v) is 4.92. The first-order valence-electron chi connectivity index (χ1n) is 8.58. The van der Waals surface area contributed by atoms with Gasteiger partial charge in [-0.2, -0.15) is 5.10 Å². The molecule has 1 amide bonds. The minimum Gasteiger partial charge on any atom is -0.493 e.